The van der Waals surface area contributed by atoms with Crippen molar-refractivity contribution in [1.82, 2.24) is 19.8 Å². The van der Waals surface area contributed by atoms with Crippen LogP contribution in [-0.2, 0) is 6.54 Å². The Morgan fingerprint density at radius 3 is 2.92 bits per heavy atom. The van der Waals surface area contributed by atoms with Crippen LogP contribution in [0.1, 0.15) is 51.9 Å². The van der Waals surface area contributed by atoms with E-state index in [9.17, 15) is 9.18 Å². The third kappa shape index (κ3) is 3.81. The number of hydrogen-bond donors (Lipinski definition) is 1. The minimum absolute atomic E-state index is 0.101. The van der Waals surface area contributed by atoms with Gasteiger partial charge < -0.3 is 5.32 Å². The molecule has 0 amide bonds. The number of hydrogen-bond acceptors (Lipinski definition) is 4. The van der Waals surface area contributed by atoms with Gasteiger partial charge in [-0.3, -0.25) is 14.3 Å². The van der Waals surface area contributed by atoms with Crippen molar-refractivity contribution >= 4 is 10.9 Å². The fraction of sp³-hybridized carbons (Fsp3) is 0.600. The smallest absolute Gasteiger partial charge is 0.261 e. The molecule has 0 radical (unpaired) electrons. The zero-order valence-electron chi connectivity index (χ0n) is 16.0. The van der Waals surface area contributed by atoms with Crippen molar-refractivity contribution in [1.29, 1.82) is 0 Å². The summed E-state index contributed by atoms with van der Waals surface area (Å²) < 4.78 is 15.3. The minimum atomic E-state index is -0.399. The van der Waals surface area contributed by atoms with E-state index in [1.807, 2.05) is 6.92 Å². The maximum atomic E-state index is 13.6. The summed E-state index contributed by atoms with van der Waals surface area (Å²) in [5.74, 6) is 0.414. The molecule has 26 heavy (non-hydrogen) atoms. The molecule has 0 saturated carbocycles. The van der Waals surface area contributed by atoms with Crippen molar-refractivity contribution in [3.63, 3.8) is 0 Å². The van der Waals surface area contributed by atoms with Crippen LogP contribution in [0.4, 0.5) is 4.39 Å². The highest BCUT2D eigenvalue weighted by atomic mass is 19.1. The molecule has 1 fully saturated rings. The van der Waals surface area contributed by atoms with Crippen molar-refractivity contribution < 1.29 is 4.39 Å². The molecular formula is C20H29FN4O. The van der Waals surface area contributed by atoms with Crippen LogP contribution in [0, 0.1) is 5.82 Å². The molecule has 3 rings (SSSR count). The molecule has 1 aliphatic rings. The highest BCUT2D eigenvalue weighted by molar-refractivity contribution is 5.77. The Labute approximate surface area is 154 Å². The molecule has 1 N–H and O–H groups in total. The lowest BCUT2D eigenvalue weighted by molar-refractivity contribution is 0.174. The Hall–Kier alpha value is -1.79. The molecular weight excluding hydrogens is 331 g/mol. The van der Waals surface area contributed by atoms with E-state index in [1.54, 1.807) is 10.6 Å². The number of aromatic nitrogens is 2. The standard InChI is InChI=1S/C20H29FN4O/c1-4-7-18(24-11-6-10-22-14(3)13-24)19-23-17-9-8-15(21)12-16(17)20(26)25(19)5-2/h8-9,12,14,18,22H,4-7,10-11,13H2,1-3H3/t14-,18?/m0/s1. The van der Waals surface area contributed by atoms with Gasteiger partial charge in [0.1, 0.15) is 11.6 Å². The third-order valence-electron chi connectivity index (χ3n) is 5.19. The average molecular weight is 360 g/mol. The Kier molecular flexibility index (Phi) is 6.04. The van der Waals surface area contributed by atoms with E-state index >= 15 is 0 Å². The van der Waals surface area contributed by atoms with Gasteiger partial charge in [-0.05, 0) is 51.4 Å². The van der Waals surface area contributed by atoms with Crippen LogP contribution in [0.5, 0.6) is 0 Å². The van der Waals surface area contributed by atoms with E-state index < -0.39 is 5.82 Å². The molecule has 2 atom stereocenters. The second-order valence-electron chi connectivity index (χ2n) is 7.19. The third-order valence-corrected chi connectivity index (χ3v) is 5.19. The molecule has 2 aromatic rings. The minimum Gasteiger partial charge on any atom is -0.313 e. The lowest BCUT2D eigenvalue weighted by Crippen LogP contribution is -2.40. The summed E-state index contributed by atoms with van der Waals surface area (Å²) in [7, 11) is 0. The fourth-order valence-electron chi connectivity index (χ4n) is 3.94. The Bertz CT molecular complexity index is 819. The van der Waals surface area contributed by atoms with Gasteiger partial charge >= 0.3 is 0 Å². The van der Waals surface area contributed by atoms with Crippen LogP contribution < -0.4 is 10.9 Å². The maximum Gasteiger partial charge on any atom is 0.261 e. The largest absolute Gasteiger partial charge is 0.313 e. The van der Waals surface area contributed by atoms with Crippen LogP contribution in [0.15, 0.2) is 23.0 Å². The summed E-state index contributed by atoms with van der Waals surface area (Å²) in [4.78, 5) is 20.3. The molecule has 142 valence electrons. The first-order valence-electron chi connectivity index (χ1n) is 9.72. The first-order chi connectivity index (χ1) is 12.5. The Morgan fingerprint density at radius 1 is 1.38 bits per heavy atom. The van der Waals surface area contributed by atoms with E-state index in [0.717, 1.165) is 44.7 Å². The zero-order chi connectivity index (χ0) is 18.7. The Balaban J connectivity index is 2.12. The predicted octanol–water partition coefficient (Wildman–Crippen LogP) is 3.08. The highest BCUT2D eigenvalue weighted by Crippen LogP contribution is 2.26. The second kappa shape index (κ2) is 8.27. The quantitative estimate of drug-likeness (QED) is 0.890. The molecule has 5 nitrogen and oxygen atoms in total. The number of nitrogens with one attached hydrogen (secondary N) is 1. The highest BCUT2D eigenvalue weighted by Gasteiger charge is 2.27. The van der Waals surface area contributed by atoms with Gasteiger partial charge in [-0.25, -0.2) is 9.37 Å². The lowest BCUT2D eigenvalue weighted by atomic mass is 10.1. The molecule has 2 heterocycles. The SMILES string of the molecule is CCCC(c1nc2ccc(F)cc2c(=O)n1CC)N1CCCN[C@@H](C)C1. The fourth-order valence-corrected chi connectivity index (χ4v) is 3.94. The van der Waals surface area contributed by atoms with Crippen molar-refractivity contribution in [3.8, 4) is 0 Å². The summed E-state index contributed by atoms with van der Waals surface area (Å²) in [5.41, 5.74) is 0.437. The Morgan fingerprint density at radius 2 is 2.19 bits per heavy atom. The number of halogens is 1. The van der Waals surface area contributed by atoms with Crippen molar-refractivity contribution in [2.24, 2.45) is 0 Å². The molecule has 0 aliphatic carbocycles. The van der Waals surface area contributed by atoms with Gasteiger partial charge in [0.25, 0.3) is 5.56 Å². The van der Waals surface area contributed by atoms with Crippen molar-refractivity contribution in [2.75, 3.05) is 19.6 Å². The average Bonchev–Trinajstić information content (AvgIpc) is 2.84. The van der Waals surface area contributed by atoms with Gasteiger partial charge in [0, 0.05) is 25.7 Å². The van der Waals surface area contributed by atoms with Crippen LogP contribution in [0.2, 0.25) is 0 Å². The molecule has 1 aliphatic heterocycles. The van der Waals surface area contributed by atoms with Gasteiger partial charge in [0.2, 0.25) is 0 Å². The van der Waals surface area contributed by atoms with Gasteiger partial charge in [-0.1, -0.05) is 13.3 Å². The van der Waals surface area contributed by atoms with Crippen LogP contribution in [-0.4, -0.2) is 40.1 Å². The van der Waals surface area contributed by atoms with Gasteiger partial charge in [-0.15, -0.1) is 0 Å². The molecule has 1 aromatic heterocycles. The van der Waals surface area contributed by atoms with E-state index in [2.05, 4.69) is 24.1 Å². The van der Waals surface area contributed by atoms with E-state index in [1.165, 1.54) is 12.1 Å². The summed E-state index contributed by atoms with van der Waals surface area (Å²) in [5, 5.41) is 3.88. The van der Waals surface area contributed by atoms with Crippen molar-refractivity contribution in [3.05, 3.63) is 40.2 Å². The summed E-state index contributed by atoms with van der Waals surface area (Å²) in [6.45, 7) is 9.79. The van der Waals surface area contributed by atoms with Gasteiger partial charge in [0.05, 0.1) is 16.9 Å². The summed E-state index contributed by atoms with van der Waals surface area (Å²) in [6.07, 6.45) is 3.05. The molecule has 1 unspecified atom stereocenters. The second-order valence-corrected chi connectivity index (χ2v) is 7.19. The van der Waals surface area contributed by atoms with E-state index in [0.29, 0.717) is 23.5 Å². The van der Waals surface area contributed by atoms with Crippen molar-refractivity contribution in [2.45, 2.75) is 58.7 Å². The molecule has 6 heteroatoms. The summed E-state index contributed by atoms with van der Waals surface area (Å²) >= 11 is 0. The van der Waals surface area contributed by atoms with Crippen LogP contribution in [0.3, 0.4) is 0 Å². The number of benzene rings is 1. The number of rotatable bonds is 5. The monoisotopic (exact) mass is 360 g/mol. The first kappa shape index (κ1) is 19.0. The zero-order valence-corrected chi connectivity index (χ0v) is 16.0. The normalized spacial score (nSPS) is 20.2. The van der Waals surface area contributed by atoms with Gasteiger partial charge in [-0.2, -0.15) is 0 Å². The number of fused-ring (bicyclic) bond motifs is 1. The van der Waals surface area contributed by atoms with Crippen LogP contribution >= 0.6 is 0 Å². The maximum absolute atomic E-state index is 13.6. The lowest BCUT2D eigenvalue weighted by Gasteiger charge is -2.32. The first-order valence-corrected chi connectivity index (χ1v) is 9.72. The molecule has 0 bridgehead atoms. The van der Waals surface area contributed by atoms with Gasteiger partial charge in [0.15, 0.2) is 0 Å². The van der Waals surface area contributed by atoms with Crippen LogP contribution in [0.25, 0.3) is 10.9 Å². The molecule has 0 spiro atoms. The topological polar surface area (TPSA) is 50.2 Å². The molecule has 1 saturated heterocycles. The van der Waals surface area contributed by atoms with E-state index in [-0.39, 0.29) is 11.6 Å². The summed E-state index contributed by atoms with van der Waals surface area (Å²) in [6, 6.07) is 4.80. The molecule has 1 aromatic carbocycles. The predicted molar refractivity (Wildman–Crippen MR) is 103 cm³/mol. The number of nitrogens with zero attached hydrogens (tertiary/aromatic N) is 3. The van der Waals surface area contributed by atoms with E-state index in [4.69, 9.17) is 4.98 Å².